The van der Waals surface area contributed by atoms with Crippen LogP contribution >= 0.6 is 11.8 Å². The molecule has 1 aromatic heterocycles. The Bertz CT molecular complexity index is 309. The summed E-state index contributed by atoms with van der Waals surface area (Å²) in [5.74, 6) is 0.837. The van der Waals surface area contributed by atoms with E-state index in [4.69, 9.17) is 0 Å². The van der Waals surface area contributed by atoms with Crippen LogP contribution in [0.25, 0.3) is 0 Å². The Hall–Kier alpha value is -0.900. The topological polar surface area (TPSA) is 38.1 Å². The monoisotopic (exact) mass is 165 g/mol. The van der Waals surface area contributed by atoms with E-state index in [2.05, 4.69) is 15.0 Å². The minimum atomic E-state index is 0.837. The van der Waals surface area contributed by atoms with E-state index < -0.39 is 0 Å². The van der Waals surface area contributed by atoms with Gasteiger partial charge in [0.25, 0.3) is 0 Å². The molecule has 0 bridgehead atoms. The van der Waals surface area contributed by atoms with Crippen molar-refractivity contribution < 1.29 is 0 Å². The predicted molar refractivity (Wildman–Crippen MR) is 45.7 cm³/mol. The normalized spacial score (nSPS) is 13.5. The first-order valence-corrected chi connectivity index (χ1v) is 4.54. The summed E-state index contributed by atoms with van der Waals surface area (Å²) in [6.45, 7) is 0. The van der Waals surface area contributed by atoms with Crippen LogP contribution in [0.4, 0.5) is 5.82 Å². The molecule has 0 unspecified atom stereocenters. The zero-order valence-corrected chi connectivity index (χ0v) is 6.93. The fourth-order valence-electron chi connectivity index (χ4n) is 1.08. The van der Waals surface area contributed by atoms with Crippen molar-refractivity contribution in [3.8, 4) is 0 Å². The average Bonchev–Trinajstić information content (AvgIpc) is 2.50. The molecule has 3 nitrogen and oxygen atoms in total. The molecule has 0 spiro atoms. The van der Waals surface area contributed by atoms with Gasteiger partial charge >= 0.3 is 0 Å². The van der Waals surface area contributed by atoms with Crippen LogP contribution in [0.1, 0.15) is 5.56 Å². The lowest BCUT2D eigenvalue weighted by Crippen LogP contribution is -1.89. The molecule has 1 aliphatic heterocycles. The van der Waals surface area contributed by atoms with Crippen molar-refractivity contribution in [1.82, 2.24) is 9.97 Å². The van der Waals surface area contributed by atoms with Crippen LogP contribution in [-0.2, 0) is 6.42 Å². The molecular weight excluding hydrogens is 158 g/mol. The molecule has 0 aromatic carbocycles. The molecule has 0 amide bonds. The molecule has 1 aliphatic rings. The van der Waals surface area contributed by atoms with E-state index in [-0.39, 0.29) is 0 Å². The van der Waals surface area contributed by atoms with Gasteiger partial charge in [-0.3, -0.25) is 0 Å². The van der Waals surface area contributed by atoms with E-state index in [1.165, 1.54) is 5.56 Å². The summed E-state index contributed by atoms with van der Waals surface area (Å²) in [6, 6.07) is 0. The fraction of sp³-hybridized carbons (Fsp3) is 0.286. The number of aliphatic imine (C=N–C) groups is 1. The third kappa shape index (κ3) is 1.03. The van der Waals surface area contributed by atoms with Crippen molar-refractivity contribution >= 4 is 23.8 Å². The van der Waals surface area contributed by atoms with Gasteiger partial charge < -0.3 is 0 Å². The number of aromatic nitrogens is 2. The lowest BCUT2D eigenvalue weighted by atomic mass is 10.3. The molecule has 0 saturated carbocycles. The second kappa shape index (κ2) is 2.62. The summed E-state index contributed by atoms with van der Waals surface area (Å²) in [6.07, 6.45) is 6.33. The first kappa shape index (κ1) is 6.79. The van der Waals surface area contributed by atoms with Crippen molar-refractivity contribution in [1.29, 1.82) is 0 Å². The number of hydrogen-bond donors (Lipinski definition) is 0. The SMILES string of the molecule is CSc1ncnc2c1CC=N2. The van der Waals surface area contributed by atoms with Crippen LogP contribution < -0.4 is 0 Å². The first-order chi connectivity index (χ1) is 5.42. The highest BCUT2D eigenvalue weighted by Gasteiger charge is 2.12. The number of fused-ring (bicyclic) bond motifs is 1. The summed E-state index contributed by atoms with van der Waals surface area (Å²) in [5, 5.41) is 1.05. The Morgan fingerprint density at radius 2 is 2.36 bits per heavy atom. The standard InChI is InChI=1S/C7H7N3S/c1-11-7-5-2-3-8-6(5)9-4-10-7/h3-4H,2H2,1H3. The van der Waals surface area contributed by atoms with Crippen LogP contribution in [0.3, 0.4) is 0 Å². The number of nitrogens with zero attached hydrogens (tertiary/aromatic N) is 3. The van der Waals surface area contributed by atoms with Gasteiger partial charge in [-0.15, -0.1) is 11.8 Å². The van der Waals surface area contributed by atoms with Crippen LogP contribution in [0.5, 0.6) is 0 Å². The molecule has 2 rings (SSSR count). The Balaban J connectivity index is 2.55. The van der Waals surface area contributed by atoms with Gasteiger partial charge in [0.2, 0.25) is 0 Å². The molecule has 1 aromatic rings. The Morgan fingerprint density at radius 3 is 3.18 bits per heavy atom. The van der Waals surface area contributed by atoms with Crippen molar-refractivity contribution in [2.45, 2.75) is 11.4 Å². The van der Waals surface area contributed by atoms with Crippen molar-refractivity contribution in [2.75, 3.05) is 6.26 Å². The van der Waals surface area contributed by atoms with E-state index >= 15 is 0 Å². The molecule has 0 N–H and O–H groups in total. The van der Waals surface area contributed by atoms with Crippen molar-refractivity contribution in [2.24, 2.45) is 4.99 Å². The fourth-order valence-corrected chi connectivity index (χ4v) is 1.65. The molecule has 11 heavy (non-hydrogen) atoms. The summed E-state index contributed by atoms with van der Waals surface area (Å²) in [7, 11) is 0. The molecule has 56 valence electrons. The zero-order valence-electron chi connectivity index (χ0n) is 6.11. The maximum atomic E-state index is 4.14. The summed E-state index contributed by atoms with van der Waals surface area (Å²) in [4.78, 5) is 12.3. The van der Waals surface area contributed by atoms with Crippen molar-refractivity contribution in [3.05, 3.63) is 11.9 Å². The van der Waals surface area contributed by atoms with E-state index in [0.29, 0.717) is 0 Å². The van der Waals surface area contributed by atoms with E-state index in [0.717, 1.165) is 17.3 Å². The van der Waals surface area contributed by atoms with Crippen LogP contribution in [0.15, 0.2) is 16.3 Å². The molecule has 0 atom stereocenters. The molecule has 0 saturated heterocycles. The predicted octanol–water partition coefficient (Wildman–Crippen LogP) is 1.46. The van der Waals surface area contributed by atoms with Gasteiger partial charge in [-0.1, -0.05) is 0 Å². The number of thioether (sulfide) groups is 1. The lowest BCUT2D eigenvalue weighted by Gasteiger charge is -1.99. The molecular formula is C7H7N3S. The molecule has 2 heterocycles. The largest absolute Gasteiger partial charge is 0.241 e. The summed E-state index contributed by atoms with van der Waals surface area (Å²) < 4.78 is 0. The Kier molecular flexibility index (Phi) is 1.62. The quantitative estimate of drug-likeness (QED) is 0.467. The van der Waals surface area contributed by atoms with Gasteiger partial charge in [0.15, 0.2) is 5.82 Å². The smallest absolute Gasteiger partial charge is 0.159 e. The van der Waals surface area contributed by atoms with Gasteiger partial charge in [-0.25, -0.2) is 15.0 Å². The zero-order chi connectivity index (χ0) is 7.68. The van der Waals surface area contributed by atoms with Gasteiger partial charge in [-0.2, -0.15) is 0 Å². The number of hydrogen-bond acceptors (Lipinski definition) is 4. The van der Waals surface area contributed by atoms with Gasteiger partial charge in [0.1, 0.15) is 11.4 Å². The second-order valence-electron chi connectivity index (χ2n) is 2.20. The van der Waals surface area contributed by atoms with Crippen LogP contribution in [-0.4, -0.2) is 22.4 Å². The van der Waals surface area contributed by atoms with Crippen LogP contribution in [0.2, 0.25) is 0 Å². The first-order valence-electron chi connectivity index (χ1n) is 3.32. The third-order valence-corrected chi connectivity index (χ3v) is 2.32. The Labute approximate surface area is 69.0 Å². The minimum Gasteiger partial charge on any atom is -0.241 e. The van der Waals surface area contributed by atoms with Gasteiger partial charge in [0.05, 0.1) is 0 Å². The number of rotatable bonds is 1. The van der Waals surface area contributed by atoms with Gasteiger partial charge in [-0.05, 0) is 6.26 Å². The lowest BCUT2D eigenvalue weighted by molar-refractivity contribution is 1.00. The van der Waals surface area contributed by atoms with E-state index in [1.807, 2.05) is 12.5 Å². The summed E-state index contributed by atoms with van der Waals surface area (Å²) in [5.41, 5.74) is 1.17. The van der Waals surface area contributed by atoms with Crippen LogP contribution in [0, 0.1) is 0 Å². The third-order valence-electron chi connectivity index (χ3n) is 1.59. The Morgan fingerprint density at radius 1 is 1.45 bits per heavy atom. The van der Waals surface area contributed by atoms with E-state index in [9.17, 15) is 0 Å². The molecule has 0 aliphatic carbocycles. The van der Waals surface area contributed by atoms with Crippen molar-refractivity contribution in [3.63, 3.8) is 0 Å². The average molecular weight is 165 g/mol. The second-order valence-corrected chi connectivity index (χ2v) is 3.00. The highest BCUT2D eigenvalue weighted by molar-refractivity contribution is 7.98. The van der Waals surface area contributed by atoms with Gasteiger partial charge in [0, 0.05) is 18.2 Å². The summed E-state index contributed by atoms with van der Waals surface area (Å²) >= 11 is 1.64. The maximum Gasteiger partial charge on any atom is 0.159 e. The maximum absolute atomic E-state index is 4.14. The molecule has 0 radical (unpaired) electrons. The minimum absolute atomic E-state index is 0.837. The highest BCUT2D eigenvalue weighted by atomic mass is 32.2. The molecule has 4 heteroatoms. The highest BCUT2D eigenvalue weighted by Crippen LogP contribution is 2.27. The van der Waals surface area contributed by atoms with E-state index in [1.54, 1.807) is 18.1 Å². The molecule has 0 fully saturated rings.